The van der Waals surface area contributed by atoms with E-state index in [4.69, 9.17) is 0 Å². The van der Waals surface area contributed by atoms with Crippen molar-refractivity contribution in [1.82, 2.24) is 10.2 Å². The lowest BCUT2D eigenvalue weighted by Gasteiger charge is -2.33. The van der Waals surface area contributed by atoms with E-state index >= 15 is 0 Å². The van der Waals surface area contributed by atoms with Crippen LogP contribution in [0.25, 0.3) is 0 Å². The largest absolute Gasteiger partial charge is 0.360 e. The zero-order valence-electron chi connectivity index (χ0n) is 12.0. The third-order valence-corrected chi connectivity index (χ3v) is 3.87. The molecular formula is C15H23N3O. The van der Waals surface area contributed by atoms with Gasteiger partial charge in [0, 0.05) is 31.9 Å². The van der Waals surface area contributed by atoms with Crippen molar-refractivity contribution in [1.29, 1.82) is 0 Å². The molecular weight excluding hydrogens is 238 g/mol. The third-order valence-electron chi connectivity index (χ3n) is 3.87. The fraction of sp³-hybridized carbons (Fsp3) is 0.533. The van der Waals surface area contributed by atoms with Gasteiger partial charge in [-0.1, -0.05) is 19.1 Å². The predicted octanol–water partition coefficient (Wildman–Crippen LogP) is 1.64. The van der Waals surface area contributed by atoms with Crippen LogP contribution in [0.4, 0.5) is 5.69 Å². The number of nitrogens with one attached hydrogen (secondary N) is 1. The first kappa shape index (κ1) is 13.9. The number of carbonyl (C=O) groups excluding carboxylic acids is 1. The summed E-state index contributed by atoms with van der Waals surface area (Å²) in [5, 5.41) is 3.31. The Hall–Kier alpha value is -1.55. The van der Waals surface area contributed by atoms with E-state index in [1.54, 1.807) is 4.90 Å². The highest BCUT2D eigenvalue weighted by Crippen LogP contribution is 2.22. The monoisotopic (exact) mass is 261 g/mol. The minimum Gasteiger partial charge on any atom is -0.360 e. The number of amides is 1. The molecule has 1 aromatic carbocycles. The number of likely N-dealkylation sites (N-methyl/N-ethyl adjacent to an activating group) is 1. The van der Waals surface area contributed by atoms with Crippen molar-refractivity contribution in [3.63, 3.8) is 0 Å². The minimum absolute atomic E-state index is 0.192. The van der Waals surface area contributed by atoms with E-state index in [2.05, 4.69) is 41.4 Å². The van der Waals surface area contributed by atoms with Crippen LogP contribution < -0.4 is 10.2 Å². The van der Waals surface area contributed by atoms with Crippen molar-refractivity contribution >= 4 is 11.6 Å². The van der Waals surface area contributed by atoms with Gasteiger partial charge in [0.1, 0.15) is 0 Å². The van der Waals surface area contributed by atoms with E-state index in [1.165, 1.54) is 5.56 Å². The van der Waals surface area contributed by atoms with Crippen LogP contribution in [0.15, 0.2) is 24.3 Å². The standard InChI is InChI=1S/C15H23N3O/c1-4-14(16-2)12-5-7-13(8-6-12)18-10-9-17(3)15(19)11-18/h5-8,14,16H,4,9-11H2,1-3H3. The maximum absolute atomic E-state index is 11.7. The number of benzene rings is 1. The maximum atomic E-state index is 11.7. The van der Waals surface area contributed by atoms with Crippen LogP contribution in [0.5, 0.6) is 0 Å². The summed E-state index contributed by atoms with van der Waals surface area (Å²) >= 11 is 0. The number of hydrogen-bond donors (Lipinski definition) is 1. The number of piperazine rings is 1. The Labute approximate surface area is 115 Å². The number of rotatable bonds is 4. The Kier molecular flexibility index (Phi) is 4.43. The molecule has 0 spiro atoms. The van der Waals surface area contributed by atoms with E-state index in [1.807, 2.05) is 14.1 Å². The summed E-state index contributed by atoms with van der Waals surface area (Å²) < 4.78 is 0. The summed E-state index contributed by atoms with van der Waals surface area (Å²) in [5.41, 5.74) is 2.44. The average Bonchev–Trinajstić information content (AvgIpc) is 2.44. The summed E-state index contributed by atoms with van der Waals surface area (Å²) in [6, 6.07) is 8.95. The van der Waals surface area contributed by atoms with Crippen molar-refractivity contribution in [2.45, 2.75) is 19.4 Å². The van der Waals surface area contributed by atoms with Gasteiger partial charge in [0.2, 0.25) is 5.91 Å². The quantitative estimate of drug-likeness (QED) is 0.895. The molecule has 4 nitrogen and oxygen atoms in total. The average molecular weight is 261 g/mol. The SMILES string of the molecule is CCC(NC)c1ccc(N2CCN(C)C(=O)C2)cc1. The highest BCUT2D eigenvalue weighted by Gasteiger charge is 2.21. The van der Waals surface area contributed by atoms with E-state index in [0.29, 0.717) is 12.6 Å². The van der Waals surface area contributed by atoms with Crippen molar-refractivity contribution in [3.8, 4) is 0 Å². The first-order chi connectivity index (χ1) is 9.15. The van der Waals surface area contributed by atoms with Gasteiger partial charge in [-0.05, 0) is 31.2 Å². The number of anilines is 1. The lowest BCUT2D eigenvalue weighted by atomic mass is 10.0. The highest BCUT2D eigenvalue weighted by atomic mass is 16.2. The minimum atomic E-state index is 0.192. The molecule has 0 bridgehead atoms. The van der Waals surface area contributed by atoms with Gasteiger partial charge >= 0.3 is 0 Å². The molecule has 1 aliphatic heterocycles. The van der Waals surface area contributed by atoms with Crippen LogP contribution in [0.1, 0.15) is 24.9 Å². The van der Waals surface area contributed by atoms with Gasteiger partial charge in [0.05, 0.1) is 6.54 Å². The Morgan fingerprint density at radius 3 is 2.47 bits per heavy atom. The summed E-state index contributed by atoms with van der Waals surface area (Å²) in [5.74, 6) is 0.192. The van der Waals surface area contributed by atoms with Gasteiger partial charge < -0.3 is 15.1 Å². The number of hydrogen-bond acceptors (Lipinski definition) is 3. The molecule has 1 amide bonds. The third kappa shape index (κ3) is 3.07. The van der Waals surface area contributed by atoms with Crippen LogP contribution in [0.2, 0.25) is 0 Å². The molecule has 1 N–H and O–H groups in total. The second-order valence-electron chi connectivity index (χ2n) is 5.08. The Balaban J connectivity index is 2.08. The highest BCUT2D eigenvalue weighted by molar-refractivity contribution is 5.82. The molecule has 1 heterocycles. The first-order valence-corrected chi connectivity index (χ1v) is 6.91. The van der Waals surface area contributed by atoms with E-state index in [-0.39, 0.29) is 5.91 Å². The van der Waals surface area contributed by atoms with Crippen LogP contribution >= 0.6 is 0 Å². The van der Waals surface area contributed by atoms with Crippen molar-refractivity contribution in [2.24, 2.45) is 0 Å². The van der Waals surface area contributed by atoms with Crippen molar-refractivity contribution in [2.75, 3.05) is 38.6 Å². The van der Waals surface area contributed by atoms with Gasteiger partial charge in [-0.15, -0.1) is 0 Å². The zero-order chi connectivity index (χ0) is 13.8. The molecule has 4 heteroatoms. The fourth-order valence-corrected chi connectivity index (χ4v) is 2.50. The lowest BCUT2D eigenvalue weighted by molar-refractivity contribution is -0.129. The molecule has 0 saturated carbocycles. The predicted molar refractivity (Wildman–Crippen MR) is 78.4 cm³/mol. The second-order valence-corrected chi connectivity index (χ2v) is 5.08. The topological polar surface area (TPSA) is 35.6 Å². The summed E-state index contributed by atoms with van der Waals surface area (Å²) in [7, 11) is 3.85. The van der Waals surface area contributed by atoms with E-state index < -0.39 is 0 Å². The van der Waals surface area contributed by atoms with Crippen LogP contribution in [-0.2, 0) is 4.79 Å². The first-order valence-electron chi connectivity index (χ1n) is 6.91. The lowest BCUT2D eigenvalue weighted by Crippen LogP contribution is -2.48. The molecule has 1 unspecified atom stereocenters. The zero-order valence-corrected chi connectivity index (χ0v) is 12.0. The molecule has 0 aliphatic carbocycles. The summed E-state index contributed by atoms with van der Waals surface area (Å²) in [6.45, 7) is 4.37. The van der Waals surface area contributed by atoms with Gasteiger partial charge in [0.25, 0.3) is 0 Å². The van der Waals surface area contributed by atoms with Crippen LogP contribution in [-0.4, -0.2) is 44.5 Å². The normalized spacial score (nSPS) is 17.7. The summed E-state index contributed by atoms with van der Waals surface area (Å²) in [4.78, 5) is 15.7. The van der Waals surface area contributed by atoms with Gasteiger partial charge in [-0.25, -0.2) is 0 Å². The molecule has 1 fully saturated rings. The van der Waals surface area contributed by atoms with Crippen molar-refractivity contribution in [3.05, 3.63) is 29.8 Å². The Morgan fingerprint density at radius 1 is 1.26 bits per heavy atom. The smallest absolute Gasteiger partial charge is 0.241 e. The van der Waals surface area contributed by atoms with Crippen molar-refractivity contribution < 1.29 is 4.79 Å². The Morgan fingerprint density at radius 2 is 1.95 bits per heavy atom. The molecule has 0 radical (unpaired) electrons. The van der Waals surface area contributed by atoms with Gasteiger partial charge in [0.15, 0.2) is 0 Å². The maximum Gasteiger partial charge on any atom is 0.241 e. The Bertz CT molecular complexity index is 426. The molecule has 104 valence electrons. The van der Waals surface area contributed by atoms with Gasteiger partial charge in [-0.2, -0.15) is 0 Å². The molecule has 1 aliphatic rings. The van der Waals surface area contributed by atoms with E-state index in [9.17, 15) is 4.79 Å². The molecule has 0 aromatic heterocycles. The van der Waals surface area contributed by atoms with Gasteiger partial charge in [-0.3, -0.25) is 4.79 Å². The number of carbonyl (C=O) groups is 1. The van der Waals surface area contributed by atoms with E-state index in [0.717, 1.165) is 25.2 Å². The van der Waals surface area contributed by atoms with Crippen LogP contribution in [0, 0.1) is 0 Å². The second kappa shape index (κ2) is 6.06. The number of nitrogens with zero attached hydrogens (tertiary/aromatic N) is 2. The molecule has 1 atom stereocenters. The molecule has 2 rings (SSSR count). The molecule has 1 saturated heterocycles. The molecule has 19 heavy (non-hydrogen) atoms. The summed E-state index contributed by atoms with van der Waals surface area (Å²) in [6.07, 6.45) is 1.07. The molecule has 1 aromatic rings. The fourth-order valence-electron chi connectivity index (χ4n) is 2.50. The van der Waals surface area contributed by atoms with Crippen LogP contribution in [0.3, 0.4) is 0 Å².